The summed E-state index contributed by atoms with van der Waals surface area (Å²) in [6, 6.07) is 14.6. The lowest BCUT2D eigenvalue weighted by Crippen LogP contribution is -2.26. The van der Waals surface area contributed by atoms with Gasteiger partial charge in [0.2, 0.25) is 0 Å². The second kappa shape index (κ2) is 9.56. The van der Waals surface area contributed by atoms with Gasteiger partial charge in [-0.3, -0.25) is 4.57 Å². The minimum atomic E-state index is -1.03. The molecule has 0 saturated carbocycles. The van der Waals surface area contributed by atoms with Crippen LogP contribution in [0, 0.1) is 0 Å². The van der Waals surface area contributed by atoms with E-state index in [-0.39, 0.29) is 17.8 Å². The van der Waals surface area contributed by atoms with Gasteiger partial charge in [0.05, 0.1) is 18.7 Å². The van der Waals surface area contributed by atoms with E-state index in [2.05, 4.69) is 12.0 Å². The summed E-state index contributed by atoms with van der Waals surface area (Å²) in [5.41, 5.74) is 1.79. The number of halogens is 1. The second-order valence-corrected chi connectivity index (χ2v) is 7.37. The van der Waals surface area contributed by atoms with E-state index in [0.717, 1.165) is 30.7 Å². The summed E-state index contributed by atoms with van der Waals surface area (Å²) in [4.78, 5) is 24.1. The van der Waals surface area contributed by atoms with Gasteiger partial charge in [-0.05, 0) is 36.1 Å². The van der Waals surface area contributed by atoms with Crippen molar-refractivity contribution in [3.63, 3.8) is 0 Å². The van der Waals surface area contributed by atoms with Crippen LogP contribution in [0.25, 0.3) is 0 Å². The summed E-state index contributed by atoms with van der Waals surface area (Å²) >= 11 is 6.27. The van der Waals surface area contributed by atoms with E-state index in [1.165, 1.54) is 16.8 Å². The van der Waals surface area contributed by atoms with Crippen LogP contribution < -0.4 is 5.69 Å². The lowest BCUT2D eigenvalue weighted by Gasteiger charge is -2.08. The smallest absolute Gasteiger partial charge is 0.346 e. The van der Waals surface area contributed by atoms with Gasteiger partial charge in [0.25, 0.3) is 0 Å². The Morgan fingerprint density at radius 2 is 1.90 bits per heavy atom. The number of aromatic nitrogens is 3. The molecule has 29 heavy (non-hydrogen) atoms. The predicted molar refractivity (Wildman–Crippen MR) is 113 cm³/mol. The van der Waals surface area contributed by atoms with Crippen molar-refractivity contribution in [2.45, 2.75) is 45.7 Å². The van der Waals surface area contributed by atoms with Crippen molar-refractivity contribution in [3.05, 3.63) is 86.6 Å². The molecule has 2 aromatic carbocycles. The zero-order valence-corrected chi connectivity index (χ0v) is 17.1. The Hall–Kier alpha value is -2.86. The van der Waals surface area contributed by atoms with Crippen molar-refractivity contribution in [2.24, 2.45) is 0 Å². The first kappa shape index (κ1) is 20.9. The van der Waals surface area contributed by atoms with Crippen LogP contribution in [0.15, 0.2) is 53.3 Å². The van der Waals surface area contributed by atoms with Gasteiger partial charge in [-0.25, -0.2) is 14.3 Å². The number of rotatable bonds is 9. The monoisotopic (exact) mass is 413 g/mol. The zero-order valence-electron chi connectivity index (χ0n) is 16.3. The third kappa shape index (κ3) is 5.15. The molecule has 0 aliphatic carbocycles. The molecule has 0 aliphatic heterocycles. The Kier molecular flexibility index (Phi) is 6.88. The highest BCUT2D eigenvalue weighted by molar-refractivity contribution is 6.31. The number of carbonyl (C=O) groups is 1. The predicted octanol–water partition coefficient (Wildman–Crippen LogP) is 4.03. The minimum Gasteiger partial charge on any atom is -0.478 e. The van der Waals surface area contributed by atoms with Gasteiger partial charge >= 0.3 is 11.7 Å². The van der Waals surface area contributed by atoms with Crippen molar-refractivity contribution in [1.29, 1.82) is 0 Å². The molecule has 1 N–H and O–H groups in total. The first-order chi connectivity index (χ1) is 14.0. The van der Waals surface area contributed by atoms with E-state index in [9.17, 15) is 9.59 Å². The standard InChI is InChI=1S/C22H24ClN3O3/c1-2-3-9-20-24-26(13-12-16-7-5-4-6-8-16)22(29)25(20)15-18-11-10-17(21(27)28)14-19(18)23/h4-8,10-11,14H,2-3,9,12-13,15H2,1H3,(H,27,28). The summed E-state index contributed by atoms with van der Waals surface area (Å²) in [5, 5.41) is 14.0. The second-order valence-electron chi connectivity index (χ2n) is 6.96. The van der Waals surface area contributed by atoms with Crippen molar-refractivity contribution < 1.29 is 9.90 Å². The lowest BCUT2D eigenvalue weighted by molar-refractivity contribution is 0.0697. The molecule has 0 radical (unpaired) electrons. The van der Waals surface area contributed by atoms with E-state index in [1.807, 2.05) is 30.3 Å². The van der Waals surface area contributed by atoms with E-state index in [0.29, 0.717) is 23.6 Å². The number of carboxylic acids is 1. The molecular weight excluding hydrogens is 390 g/mol. The molecule has 3 rings (SSSR count). The average Bonchev–Trinajstić information content (AvgIpc) is 3.01. The van der Waals surface area contributed by atoms with Gasteiger partial charge in [-0.1, -0.05) is 61.3 Å². The van der Waals surface area contributed by atoms with Crippen LogP contribution in [0.3, 0.4) is 0 Å². The van der Waals surface area contributed by atoms with Crippen LogP contribution in [0.1, 0.15) is 47.1 Å². The van der Waals surface area contributed by atoms with Crippen LogP contribution in [0.4, 0.5) is 0 Å². The quantitative estimate of drug-likeness (QED) is 0.574. The van der Waals surface area contributed by atoms with Crippen molar-refractivity contribution >= 4 is 17.6 Å². The number of aryl methyl sites for hydroxylation is 3. The first-order valence-corrected chi connectivity index (χ1v) is 10.1. The topological polar surface area (TPSA) is 77.1 Å². The Morgan fingerprint density at radius 1 is 1.14 bits per heavy atom. The molecule has 0 spiro atoms. The van der Waals surface area contributed by atoms with Crippen LogP contribution in [-0.4, -0.2) is 25.4 Å². The van der Waals surface area contributed by atoms with E-state index in [1.54, 1.807) is 10.6 Å². The molecule has 152 valence electrons. The van der Waals surface area contributed by atoms with E-state index in [4.69, 9.17) is 16.7 Å². The maximum absolute atomic E-state index is 13.0. The molecule has 0 atom stereocenters. The number of unbranched alkanes of at least 4 members (excludes halogenated alkanes) is 1. The largest absolute Gasteiger partial charge is 0.478 e. The number of hydrogen-bond donors (Lipinski definition) is 1. The third-order valence-corrected chi connectivity index (χ3v) is 5.19. The summed E-state index contributed by atoms with van der Waals surface area (Å²) < 4.78 is 3.15. The third-order valence-electron chi connectivity index (χ3n) is 4.84. The number of nitrogens with zero attached hydrogens (tertiary/aromatic N) is 3. The lowest BCUT2D eigenvalue weighted by atomic mass is 10.1. The van der Waals surface area contributed by atoms with Gasteiger partial charge in [0, 0.05) is 11.4 Å². The van der Waals surface area contributed by atoms with Gasteiger partial charge in [-0.2, -0.15) is 5.10 Å². The average molecular weight is 414 g/mol. The van der Waals surface area contributed by atoms with Gasteiger partial charge in [0.1, 0.15) is 5.82 Å². The van der Waals surface area contributed by atoms with Crippen LogP contribution in [0.5, 0.6) is 0 Å². The zero-order chi connectivity index (χ0) is 20.8. The fourth-order valence-electron chi connectivity index (χ4n) is 3.17. The highest BCUT2D eigenvalue weighted by Gasteiger charge is 2.15. The first-order valence-electron chi connectivity index (χ1n) is 9.71. The SMILES string of the molecule is CCCCc1nn(CCc2ccccc2)c(=O)n1Cc1ccc(C(=O)O)cc1Cl. The summed E-state index contributed by atoms with van der Waals surface area (Å²) in [6.07, 6.45) is 3.36. The molecule has 6 nitrogen and oxygen atoms in total. The van der Waals surface area contributed by atoms with Gasteiger partial charge < -0.3 is 5.11 Å². The molecule has 1 heterocycles. The molecule has 3 aromatic rings. The molecule has 0 unspecified atom stereocenters. The number of benzene rings is 2. The molecule has 0 saturated heterocycles. The molecule has 0 bridgehead atoms. The van der Waals surface area contributed by atoms with Crippen molar-refractivity contribution in [2.75, 3.05) is 0 Å². The summed E-state index contributed by atoms with van der Waals surface area (Å²) in [6.45, 7) is 2.86. The number of hydrogen-bond acceptors (Lipinski definition) is 3. The number of carboxylic acid groups (broad SMARTS) is 1. The Balaban J connectivity index is 1.87. The molecule has 0 fully saturated rings. The van der Waals surface area contributed by atoms with E-state index < -0.39 is 5.97 Å². The van der Waals surface area contributed by atoms with Crippen LogP contribution in [0.2, 0.25) is 5.02 Å². The van der Waals surface area contributed by atoms with Gasteiger partial charge in [0.15, 0.2) is 0 Å². The van der Waals surface area contributed by atoms with E-state index >= 15 is 0 Å². The van der Waals surface area contributed by atoms with Crippen LogP contribution in [-0.2, 0) is 25.9 Å². The van der Waals surface area contributed by atoms with Crippen molar-refractivity contribution in [1.82, 2.24) is 14.3 Å². The Bertz CT molecular complexity index is 1040. The van der Waals surface area contributed by atoms with Crippen molar-refractivity contribution in [3.8, 4) is 0 Å². The fourth-order valence-corrected chi connectivity index (χ4v) is 3.41. The molecular formula is C22H24ClN3O3. The fraction of sp³-hybridized carbons (Fsp3) is 0.318. The van der Waals surface area contributed by atoms with Gasteiger partial charge in [-0.15, -0.1) is 0 Å². The normalized spacial score (nSPS) is 11.0. The number of aromatic carboxylic acids is 1. The molecule has 7 heteroatoms. The molecule has 0 amide bonds. The highest BCUT2D eigenvalue weighted by Crippen LogP contribution is 2.19. The molecule has 1 aromatic heterocycles. The summed E-state index contributed by atoms with van der Waals surface area (Å²) in [5.74, 6) is -0.309. The minimum absolute atomic E-state index is 0.121. The highest BCUT2D eigenvalue weighted by atomic mass is 35.5. The van der Waals surface area contributed by atoms with Crippen LogP contribution >= 0.6 is 11.6 Å². The Labute approximate surface area is 174 Å². The Morgan fingerprint density at radius 3 is 2.55 bits per heavy atom. The maximum Gasteiger partial charge on any atom is 0.346 e. The maximum atomic E-state index is 13.0. The summed E-state index contributed by atoms with van der Waals surface area (Å²) in [7, 11) is 0. The molecule has 0 aliphatic rings.